The minimum atomic E-state index is -1.03. The highest BCUT2D eigenvalue weighted by molar-refractivity contribution is 9.10. The minimum Gasteiger partial charge on any atom is -0.477 e. The first-order chi connectivity index (χ1) is 9.51. The Morgan fingerprint density at radius 1 is 1.40 bits per heavy atom. The molecule has 0 unspecified atom stereocenters. The predicted molar refractivity (Wildman–Crippen MR) is 79.6 cm³/mol. The van der Waals surface area contributed by atoms with E-state index < -0.39 is 5.97 Å². The molecule has 2 rings (SSSR count). The summed E-state index contributed by atoms with van der Waals surface area (Å²) in [5, 5.41) is 18.9. The second-order valence-electron chi connectivity index (χ2n) is 4.38. The highest BCUT2D eigenvalue weighted by Gasteiger charge is 2.25. The third-order valence-electron chi connectivity index (χ3n) is 3.30. The molecule has 0 atom stereocenters. The maximum absolute atomic E-state index is 11.5. The van der Waals surface area contributed by atoms with Gasteiger partial charge in [-0.15, -0.1) is 0 Å². The normalized spacial score (nSPS) is 10.3. The Balaban J connectivity index is 2.83. The summed E-state index contributed by atoms with van der Waals surface area (Å²) in [6.07, 6.45) is 0.607. The van der Waals surface area contributed by atoms with E-state index in [-0.39, 0.29) is 5.69 Å². The topological polar surface area (TPSA) is 66.0 Å². The van der Waals surface area contributed by atoms with Crippen LogP contribution in [0.2, 0.25) is 0 Å². The van der Waals surface area contributed by atoms with Crippen LogP contribution in [0.15, 0.2) is 28.7 Å². The highest BCUT2D eigenvalue weighted by Crippen LogP contribution is 2.33. The summed E-state index contributed by atoms with van der Waals surface area (Å²) in [6, 6.07) is 9.44. The van der Waals surface area contributed by atoms with Gasteiger partial charge in [-0.2, -0.15) is 5.26 Å². The number of nitrogens with zero attached hydrogens (tertiary/aromatic N) is 2. The molecule has 0 amide bonds. The van der Waals surface area contributed by atoms with Crippen molar-refractivity contribution in [3.8, 4) is 17.2 Å². The lowest BCUT2D eigenvalue weighted by atomic mass is 10.0. The van der Waals surface area contributed by atoms with E-state index in [1.54, 1.807) is 11.6 Å². The van der Waals surface area contributed by atoms with E-state index in [4.69, 9.17) is 0 Å². The van der Waals surface area contributed by atoms with Gasteiger partial charge in [-0.3, -0.25) is 0 Å². The fraction of sp³-hybridized carbons (Fsp3) is 0.200. The Labute approximate surface area is 125 Å². The number of hydrogen-bond donors (Lipinski definition) is 1. The van der Waals surface area contributed by atoms with Crippen LogP contribution in [0.4, 0.5) is 0 Å². The van der Waals surface area contributed by atoms with Crippen molar-refractivity contribution >= 4 is 21.9 Å². The van der Waals surface area contributed by atoms with E-state index in [9.17, 15) is 15.2 Å². The first-order valence-corrected chi connectivity index (χ1v) is 6.91. The fourth-order valence-corrected chi connectivity index (χ4v) is 2.68. The first-order valence-electron chi connectivity index (χ1n) is 6.12. The lowest BCUT2D eigenvalue weighted by Crippen LogP contribution is -2.07. The molecule has 0 fully saturated rings. The second kappa shape index (κ2) is 5.51. The number of benzene rings is 1. The number of hydrogen-bond acceptors (Lipinski definition) is 2. The van der Waals surface area contributed by atoms with Crippen molar-refractivity contribution < 1.29 is 9.90 Å². The molecule has 1 N–H and O–H groups in total. The number of rotatable bonds is 3. The molecule has 0 saturated heterocycles. The number of halogens is 1. The molecule has 1 aromatic heterocycles. The molecule has 0 aliphatic rings. The average molecular weight is 333 g/mol. The smallest absolute Gasteiger partial charge is 0.353 e. The van der Waals surface area contributed by atoms with Gasteiger partial charge in [0, 0.05) is 22.8 Å². The van der Waals surface area contributed by atoms with E-state index in [2.05, 4.69) is 22.0 Å². The quantitative estimate of drug-likeness (QED) is 0.933. The molecular formula is C15H13BrN2O2. The van der Waals surface area contributed by atoms with E-state index in [1.165, 1.54) is 0 Å². The van der Waals surface area contributed by atoms with Gasteiger partial charge in [0.1, 0.15) is 11.8 Å². The molecule has 0 aliphatic heterocycles. The van der Waals surface area contributed by atoms with Gasteiger partial charge in [-0.1, -0.05) is 35.0 Å². The average Bonchev–Trinajstić information content (AvgIpc) is 2.71. The number of carbonyl (C=O) groups is 1. The molecule has 2 aromatic rings. The zero-order valence-electron chi connectivity index (χ0n) is 11.1. The van der Waals surface area contributed by atoms with Crippen LogP contribution in [-0.4, -0.2) is 15.6 Å². The third kappa shape index (κ3) is 2.23. The Morgan fingerprint density at radius 3 is 2.45 bits per heavy atom. The molecule has 4 nitrogen and oxygen atoms in total. The minimum absolute atomic E-state index is 0.153. The summed E-state index contributed by atoms with van der Waals surface area (Å²) >= 11 is 3.35. The summed E-state index contributed by atoms with van der Waals surface area (Å²) in [4.78, 5) is 11.5. The van der Waals surface area contributed by atoms with Gasteiger partial charge < -0.3 is 9.67 Å². The van der Waals surface area contributed by atoms with Crippen LogP contribution in [0.1, 0.15) is 28.7 Å². The molecule has 1 heterocycles. The first kappa shape index (κ1) is 14.4. The van der Waals surface area contributed by atoms with Crippen LogP contribution in [0, 0.1) is 11.3 Å². The lowest BCUT2D eigenvalue weighted by molar-refractivity contribution is 0.0687. The Morgan fingerprint density at radius 2 is 2.00 bits per heavy atom. The van der Waals surface area contributed by atoms with Crippen molar-refractivity contribution in [2.45, 2.75) is 13.3 Å². The summed E-state index contributed by atoms with van der Waals surface area (Å²) in [7, 11) is 1.69. The summed E-state index contributed by atoms with van der Waals surface area (Å²) in [5.41, 5.74) is 2.56. The number of nitriles is 1. The van der Waals surface area contributed by atoms with E-state index >= 15 is 0 Å². The van der Waals surface area contributed by atoms with Gasteiger partial charge >= 0.3 is 5.97 Å². The molecule has 1 aromatic carbocycles. The standard InChI is InChI=1S/C15H13BrN2O2/c1-3-12-11(8-17)13(14(15(19)20)18(12)2)9-4-6-10(16)7-5-9/h4-7H,3H2,1-2H3,(H,19,20). The number of carboxylic acids is 1. The SMILES string of the molecule is CCc1c(C#N)c(-c2ccc(Br)cc2)c(C(=O)O)n1C. The van der Waals surface area contributed by atoms with Crippen LogP contribution in [0.3, 0.4) is 0 Å². The third-order valence-corrected chi connectivity index (χ3v) is 3.83. The van der Waals surface area contributed by atoms with Crippen LogP contribution >= 0.6 is 15.9 Å². The van der Waals surface area contributed by atoms with Gasteiger partial charge in [0.15, 0.2) is 0 Å². The zero-order chi connectivity index (χ0) is 14.9. The van der Waals surface area contributed by atoms with Crippen LogP contribution in [0.5, 0.6) is 0 Å². The van der Waals surface area contributed by atoms with Crippen molar-refractivity contribution in [3.63, 3.8) is 0 Å². The zero-order valence-corrected chi connectivity index (χ0v) is 12.7. The maximum atomic E-state index is 11.5. The highest BCUT2D eigenvalue weighted by atomic mass is 79.9. The molecular weight excluding hydrogens is 320 g/mol. The Bertz CT molecular complexity index is 709. The van der Waals surface area contributed by atoms with Crippen molar-refractivity contribution in [2.24, 2.45) is 7.05 Å². The Kier molecular flexibility index (Phi) is 3.96. The van der Waals surface area contributed by atoms with Gasteiger partial charge in [0.25, 0.3) is 0 Å². The fourth-order valence-electron chi connectivity index (χ4n) is 2.42. The van der Waals surface area contributed by atoms with E-state index in [0.29, 0.717) is 17.5 Å². The van der Waals surface area contributed by atoms with Gasteiger partial charge in [0.05, 0.1) is 5.56 Å². The monoisotopic (exact) mass is 332 g/mol. The van der Waals surface area contributed by atoms with Crippen LogP contribution < -0.4 is 0 Å². The molecule has 102 valence electrons. The molecule has 0 saturated carbocycles. The van der Waals surface area contributed by atoms with E-state index in [1.807, 2.05) is 31.2 Å². The van der Waals surface area contributed by atoms with Gasteiger partial charge in [-0.25, -0.2) is 4.79 Å². The second-order valence-corrected chi connectivity index (χ2v) is 5.30. The lowest BCUT2D eigenvalue weighted by Gasteiger charge is -2.04. The number of aromatic nitrogens is 1. The van der Waals surface area contributed by atoms with Crippen molar-refractivity contribution in [2.75, 3.05) is 0 Å². The van der Waals surface area contributed by atoms with Crippen LogP contribution in [0.25, 0.3) is 11.1 Å². The molecule has 0 aliphatic carbocycles. The molecule has 20 heavy (non-hydrogen) atoms. The van der Waals surface area contributed by atoms with Crippen molar-refractivity contribution in [1.82, 2.24) is 4.57 Å². The maximum Gasteiger partial charge on any atom is 0.353 e. The predicted octanol–water partition coefficient (Wildman–Crippen LogP) is 3.59. The van der Waals surface area contributed by atoms with E-state index in [0.717, 1.165) is 15.7 Å². The van der Waals surface area contributed by atoms with Gasteiger partial charge in [-0.05, 0) is 24.1 Å². The molecule has 5 heteroatoms. The summed E-state index contributed by atoms with van der Waals surface area (Å²) in [5.74, 6) is -1.03. The van der Waals surface area contributed by atoms with Crippen LogP contribution in [-0.2, 0) is 13.5 Å². The largest absolute Gasteiger partial charge is 0.477 e. The molecule has 0 radical (unpaired) electrons. The molecule has 0 spiro atoms. The summed E-state index contributed by atoms with van der Waals surface area (Å²) < 4.78 is 2.50. The van der Waals surface area contributed by atoms with Crippen molar-refractivity contribution in [3.05, 3.63) is 45.7 Å². The molecule has 0 bridgehead atoms. The Hall–Kier alpha value is -2.06. The number of carboxylic acid groups (broad SMARTS) is 1. The van der Waals surface area contributed by atoms with Gasteiger partial charge in [0.2, 0.25) is 0 Å². The number of aromatic carboxylic acids is 1. The summed E-state index contributed by atoms with van der Waals surface area (Å²) in [6.45, 7) is 1.91. The van der Waals surface area contributed by atoms with Crippen molar-refractivity contribution in [1.29, 1.82) is 5.26 Å².